The van der Waals surface area contributed by atoms with Crippen LogP contribution in [0.5, 0.6) is 0 Å². The van der Waals surface area contributed by atoms with Gasteiger partial charge in [0.1, 0.15) is 5.82 Å². The predicted molar refractivity (Wildman–Crippen MR) is 128 cm³/mol. The highest BCUT2D eigenvalue weighted by molar-refractivity contribution is 5.78. The van der Waals surface area contributed by atoms with E-state index in [0.29, 0.717) is 16.7 Å². The van der Waals surface area contributed by atoms with Gasteiger partial charge in [0.15, 0.2) is 0 Å². The molecule has 2 amide bonds. The van der Waals surface area contributed by atoms with Gasteiger partial charge in [-0.25, -0.2) is 9.78 Å². The summed E-state index contributed by atoms with van der Waals surface area (Å²) < 4.78 is 1.67. The molecular weight excluding hydrogens is 400 g/mol. The molecule has 1 saturated carbocycles. The van der Waals surface area contributed by atoms with Crippen molar-refractivity contribution in [2.24, 2.45) is 0 Å². The minimum atomic E-state index is -0.392. The van der Waals surface area contributed by atoms with Crippen molar-refractivity contribution in [3.05, 3.63) is 69.8 Å². The number of benzene rings is 2. The lowest BCUT2D eigenvalue weighted by Crippen LogP contribution is -2.45. The molecule has 0 spiro atoms. The van der Waals surface area contributed by atoms with E-state index in [1.807, 2.05) is 51.1 Å². The number of hydrogen-bond donors (Lipinski definition) is 1. The number of carbonyl (C=O) groups excluding carboxylic acids is 1. The van der Waals surface area contributed by atoms with Gasteiger partial charge in [-0.1, -0.05) is 49.1 Å². The first-order chi connectivity index (χ1) is 15.4. The van der Waals surface area contributed by atoms with Crippen LogP contribution in [0.15, 0.2) is 47.3 Å². The number of rotatable bonds is 4. The average molecular weight is 433 g/mol. The summed E-state index contributed by atoms with van der Waals surface area (Å²) in [6.45, 7) is 5.96. The fourth-order valence-corrected chi connectivity index (χ4v) is 4.59. The molecule has 6 nitrogen and oxygen atoms in total. The zero-order chi connectivity index (χ0) is 22.8. The van der Waals surface area contributed by atoms with Crippen molar-refractivity contribution < 1.29 is 4.79 Å². The highest BCUT2D eigenvalue weighted by atomic mass is 16.2. The molecule has 1 unspecified atom stereocenters. The molecule has 4 rings (SSSR count). The third kappa shape index (κ3) is 4.27. The van der Waals surface area contributed by atoms with E-state index in [0.717, 1.165) is 42.5 Å². The molecule has 1 aliphatic carbocycles. The second-order valence-electron chi connectivity index (χ2n) is 8.99. The Labute approximate surface area is 189 Å². The number of urea groups is 1. The second-order valence-corrected chi connectivity index (χ2v) is 8.99. The van der Waals surface area contributed by atoms with E-state index in [1.165, 1.54) is 6.42 Å². The van der Waals surface area contributed by atoms with Crippen LogP contribution >= 0.6 is 0 Å². The normalized spacial score (nSPS) is 15.5. The van der Waals surface area contributed by atoms with Gasteiger partial charge in [-0.15, -0.1) is 0 Å². The van der Waals surface area contributed by atoms with E-state index in [4.69, 9.17) is 4.98 Å². The Morgan fingerprint density at radius 2 is 1.84 bits per heavy atom. The van der Waals surface area contributed by atoms with E-state index in [2.05, 4.69) is 11.4 Å². The third-order valence-electron chi connectivity index (χ3n) is 6.60. The summed E-state index contributed by atoms with van der Waals surface area (Å²) in [6.07, 6.45) is 5.60. The van der Waals surface area contributed by atoms with Crippen LogP contribution in [0.3, 0.4) is 0 Å². The molecule has 1 aromatic heterocycles. The molecular formula is C26H32N4O2. The van der Waals surface area contributed by atoms with Crippen molar-refractivity contribution in [2.75, 3.05) is 7.05 Å². The number of nitrogens with one attached hydrogen (secondary N) is 1. The van der Waals surface area contributed by atoms with Gasteiger partial charge in [0.05, 0.1) is 22.6 Å². The molecule has 0 saturated heterocycles. The van der Waals surface area contributed by atoms with Crippen molar-refractivity contribution in [3.8, 4) is 5.69 Å². The molecule has 1 atom stereocenters. The van der Waals surface area contributed by atoms with Crippen LogP contribution in [0, 0.1) is 13.8 Å². The molecule has 3 aromatic rings. The molecule has 1 fully saturated rings. The third-order valence-corrected chi connectivity index (χ3v) is 6.60. The SMILES string of the molecule is Cc1ccc(-n2c(C(C)N(C)C(=O)NC3CCCCC3)nc3ccccc3c2=O)c(C)c1. The molecule has 6 heteroatoms. The summed E-state index contributed by atoms with van der Waals surface area (Å²) in [5.41, 5.74) is 3.44. The Morgan fingerprint density at radius 3 is 2.56 bits per heavy atom. The first-order valence-electron chi connectivity index (χ1n) is 11.5. The number of aryl methyl sites for hydroxylation is 2. The molecule has 1 aliphatic rings. The zero-order valence-electron chi connectivity index (χ0n) is 19.4. The molecule has 2 aromatic carbocycles. The van der Waals surface area contributed by atoms with Gasteiger partial charge in [0.2, 0.25) is 0 Å². The quantitative estimate of drug-likeness (QED) is 0.628. The maximum absolute atomic E-state index is 13.6. The van der Waals surface area contributed by atoms with Crippen LogP contribution < -0.4 is 10.9 Å². The molecule has 0 aliphatic heterocycles. The van der Waals surface area contributed by atoms with Gasteiger partial charge in [-0.2, -0.15) is 0 Å². The van der Waals surface area contributed by atoms with Crippen LogP contribution in [-0.4, -0.2) is 33.6 Å². The minimum absolute atomic E-state index is 0.120. The summed E-state index contributed by atoms with van der Waals surface area (Å²) >= 11 is 0. The second kappa shape index (κ2) is 9.15. The predicted octanol–water partition coefficient (Wildman–Crippen LogP) is 5.04. The van der Waals surface area contributed by atoms with E-state index < -0.39 is 6.04 Å². The van der Waals surface area contributed by atoms with Crippen molar-refractivity contribution in [1.29, 1.82) is 0 Å². The molecule has 0 bridgehead atoms. The lowest BCUT2D eigenvalue weighted by Gasteiger charge is -2.30. The van der Waals surface area contributed by atoms with Crippen LogP contribution in [0.25, 0.3) is 16.6 Å². The van der Waals surface area contributed by atoms with E-state index in [9.17, 15) is 9.59 Å². The number of hydrogen-bond acceptors (Lipinski definition) is 3. The molecule has 32 heavy (non-hydrogen) atoms. The number of carbonyl (C=O) groups is 1. The van der Waals surface area contributed by atoms with Crippen LogP contribution in [0.2, 0.25) is 0 Å². The summed E-state index contributed by atoms with van der Waals surface area (Å²) in [4.78, 5) is 33.2. The standard InChI is InChI=1S/C26H32N4O2/c1-17-14-15-23(18(2)16-17)30-24(28-22-13-9-8-12-21(22)25(30)31)19(3)29(4)26(32)27-20-10-6-5-7-11-20/h8-9,12-16,19-20H,5-7,10-11H2,1-4H3,(H,27,32). The Hall–Kier alpha value is -3.15. The Bertz CT molecular complexity index is 1190. The van der Waals surface area contributed by atoms with Crippen molar-refractivity contribution >= 4 is 16.9 Å². The maximum Gasteiger partial charge on any atom is 0.317 e. The minimum Gasteiger partial charge on any atom is -0.335 e. The molecule has 168 valence electrons. The Morgan fingerprint density at radius 1 is 1.12 bits per heavy atom. The first kappa shape index (κ1) is 22.1. The zero-order valence-corrected chi connectivity index (χ0v) is 19.4. The number of aromatic nitrogens is 2. The Balaban J connectivity index is 1.78. The van der Waals surface area contributed by atoms with Crippen LogP contribution in [-0.2, 0) is 0 Å². The van der Waals surface area contributed by atoms with Gasteiger partial charge in [0.25, 0.3) is 5.56 Å². The average Bonchev–Trinajstić information content (AvgIpc) is 2.79. The summed E-state index contributed by atoms with van der Waals surface area (Å²) in [5.74, 6) is 0.557. The number of fused-ring (bicyclic) bond motifs is 1. The lowest BCUT2D eigenvalue weighted by atomic mass is 9.96. The van der Waals surface area contributed by atoms with E-state index in [-0.39, 0.29) is 17.6 Å². The van der Waals surface area contributed by atoms with Gasteiger partial charge < -0.3 is 10.2 Å². The van der Waals surface area contributed by atoms with Crippen LogP contribution in [0.1, 0.15) is 62.0 Å². The highest BCUT2D eigenvalue weighted by Crippen LogP contribution is 2.25. The number of amides is 2. The van der Waals surface area contributed by atoms with Crippen LogP contribution in [0.4, 0.5) is 4.79 Å². The highest BCUT2D eigenvalue weighted by Gasteiger charge is 2.26. The Kier molecular flexibility index (Phi) is 6.31. The number of para-hydroxylation sites is 1. The van der Waals surface area contributed by atoms with Gasteiger partial charge in [0, 0.05) is 13.1 Å². The summed E-state index contributed by atoms with van der Waals surface area (Å²) in [5, 5.41) is 3.74. The summed E-state index contributed by atoms with van der Waals surface area (Å²) in [6, 6.07) is 13.1. The van der Waals surface area contributed by atoms with Crippen molar-refractivity contribution in [2.45, 2.75) is 65.0 Å². The largest absolute Gasteiger partial charge is 0.335 e. The smallest absolute Gasteiger partial charge is 0.317 e. The van der Waals surface area contributed by atoms with E-state index in [1.54, 1.807) is 22.6 Å². The van der Waals surface area contributed by atoms with E-state index >= 15 is 0 Å². The van der Waals surface area contributed by atoms with Gasteiger partial charge in [-0.3, -0.25) is 9.36 Å². The molecule has 1 heterocycles. The summed E-state index contributed by atoms with van der Waals surface area (Å²) in [7, 11) is 1.77. The fraction of sp³-hybridized carbons (Fsp3) is 0.423. The number of nitrogens with zero attached hydrogens (tertiary/aromatic N) is 3. The lowest BCUT2D eigenvalue weighted by molar-refractivity contribution is 0.184. The van der Waals surface area contributed by atoms with Gasteiger partial charge >= 0.3 is 6.03 Å². The monoisotopic (exact) mass is 432 g/mol. The molecule has 0 radical (unpaired) electrons. The van der Waals surface area contributed by atoms with Gasteiger partial charge in [-0.05, 0) is 57.4 Å². The van der Waals surface area contributed by atoms with Crippen molar-refractivity contribution in [1.82, 2.24) is 19.8 Å². The first-order valence-corrected chi connectivity index (χ1v) is 11.5. The molecule has 1 N–H and O–H groups in total. The van der Waals surface area contributed by atoms with Crippen molar-refractivity contribution in [3.63, 3.8) is 0 Å². The maximum atomic E-state index is 13.6. The fourth-order valence-electron chi connectivity index (χ4n) is 4.59. The topological polar surface area (TPSA) is 67.2 Å².